The highest BCUT2D eigenvalue weighted by Crippen LogP contribution is 2.32. The van der Waals surface area contributed by atoms with E-state index in [1.54, 1.807) is 69.5 Å². The van der Waals surface area contributed by atoms with Crippen LogP contribution < -0.4 is 4.31 Å². The van der Waals surface area contributed by atoms with Gasteiger partial charge in [-0.05, 0) is 101 Å². The van der Waals surface area contributed by atoms with Crippen LogP contribution in [-0.2, 0) is 37.1 Å². The largest absolute Gasteiger partial charge is 0.457 e. The van der Waals surface area contributed by atoms with Gasteiger partial charge in [-0.1, -0.05) is 18.2 Å². The van der Waals surface area contributed by atoms with Crippen LogP contribution in [0.25, 0.3) is 6.08 Å². The highest BCUT2D eigenvalue weighted by Gasteiger charge is 2.32. The zero-order valence-electron chi connectivity index (χ0n) is 22.3. The van der Waals surface area contributed by atoms with E-state index in [4.69, 9.17) is 9.47 Å². The van der Waals surface area contributed by atoms with Crippen molar-refractivity contribution in [2.24, 2.45) is 0 Å². The van der Waals surface area contributed by atoms with Crippen molar-refractivity contribution in [1.29, 1.82) is 0 Å². The summed E-state index contributed by atoms with van der Waals surface area (Å²) in [5.74, 6) is -0.0557. The smallest absolute Gasteiger partial charge is 0.331 e. The van der Waals surface area contributed by atoms with Crippen LogP contribution in [0.5, 0.6) is 0 Å². The van der Waals surface area contributed by atoms with Crippen LogP contribution in [0.1, 0.15) is 58.2 Å². The van der Waals surface area contributed by atoms with Crippen LogP contribution in [-0.4, -0.2) is 48.5 Å². The molecular weight excluding hydrogens is 492 g/mol. The molecule has 0 fully saturated rings. The monoisotopic (exact) mass is 528 g/mol. The summed E-state index contributed by atoms with van der Waals surface area (Å²) in [6.45, 7) is 11.3. The molecule has 2 heterocycles. The summed E-state index contributed by atoms with van der Waals surface area (Å²) in [7, 11) is -3.78. The third kappa shape index (κ3) is 8.24. The lowest BCUT2D eigenvalue weighted by Gasteiger charge is -2.21. The third-order valence-electron chi connectivity index (χ3n) is 5.24. The average Bonchev–Trinajstić information content (AvgIpc) is 3.20. The molecule has 2 aromatic rings. The van der Waals surface area contributed by atoms with Gasteiger partial charge in [0.15, 0.2) is 6.29 Å². The number of aromatic nitrogens is 1. The summed E-state index contributed by atoms with van der Waals surface area (Å²) in [6.07, 6.45) is 7.90. The van der Waals surface area contributed by atoms with Crippen molar-refractivity contribution >= 4 is 27.9 Å². The average molecular weight is 529 g/mol. The second-order valence-corrected chi connectivity index (χ2v) is 12.7. The lowest BCUT2D eigenvalue weighted by molar-refractivity contribution is -0.148. The maximum Gasteiger partial charge on any atom is 0.331 e. The Morgan fingerprint density at radius 1 is 1.14 bits per heavy atom. The van der Waals surface area contributed by atoms with Crippen molar-refractivity contribution in [2.45, 2.75) is 76.8 Å². The van der Waals surface area contributed by atoms with Crippen molar-refractivity contribution in [1.82, 2.24) is 4.98 Å². The van der Waals surface area contributed by atoms with Gasteiger partial charge in [-0.25, -0.2) is 22.5 Å². The molecular formula is C28H36N2O6S. The molecule has 0 amide bonds. The standard InChI is InChI=1S/C28H36N2O6S/c1-27(2,3)35-24(31)9-7-8-20-10-13-23(14-11-20)37(33,34)30-17-16-22-18-21(19-29-26(22)30)12-15-25(32)36-28(4,5)6/h7,9-15,18-19,24,31H,8,16-17H2,1-6H3/b9-7+,15-12+. The van der Waals surface area contributed by atoms with Gasteiger partial charge in [0.2, 0.25) is 0 Å². The summed E-state index contributed by atoms with van der Waals surface area (Å²) in [5, 5.41) is 9.90. The fraction of sp³-hybridized carbons (Fsp3) is 0.429. The number of aliphatic hydroxyl groups excluding tert-OH is 1. The number of hydrogen-bond acceptors (Lipinski definition) is 7. The summed E-state index contributed by atoms with van der Waals surface area (Å²) in [4.78, 5) is 16.5. The Bertz CT molecular complexity index is 1270. The fourth-order valence-corrected chi connectivity index (χ4v) is 5.19. The quantitative estimate of drug-likeness (QED) is 0.234. The zero-order valence-corrected chi connectivity index (χ0v) is 23.1. The Kier molecular flexibility index (Phi) is 8.62. The Morgan fingerprint density at radius 3 is 2.43 bits per heavy atom. The van der Waals surface area contributed by atoms with E-state index >= 15 is 0 Å². The molecule has 37 heavy (non-hydrogen) atoms. The summed E-state index contributed by atoms with van der Waals surface area (Å²) in [5.41, 5.74) is 1.36. The van der Waals surface area contributed by atoms with Gasteiger partial charge in [0, 0.05) is 18.8 Å². The van der Waals surface area contributed by atoms with E-state index in [2.05, 4.69) is 4.98 Å². The number of sulfonamides is 1. The number of ether oxygens (including phenoxy) is 2. The molecule has 0 bridgehead atoms. The number of anilines is 1. The maximum absolute atomic E-state index is 13.3. The topological polar surface area (TPSA) is 106 Å². The molecule has 0 saturated heterocycles. The number of hydrogen-bond donors (Lipinski definition) is 1. The van der Waals surface area contributed by atoms with Crippen molar-refractivity contribution in [2.75, 3.05) is 10.8 Å². The molecule has 0 radical (unpaired) electrons. The number of carbonyl (C=O) groups excluding carboxylic acids is 1. The first-order valence-corrected chi connectivity index (χ1v) is 13.6. The minimum atomic E-state index is -3.78. The predicted octanol–water partition coefficient (Wildman–Crippen LogP) is 4.42. The minimum Gasteiger partial charge on any atom is -0.457 e. The first-order chi connectivity index (χ1) is 17.1. The van der Waals surface area contributed by atoms with E-state index in [0.29, 0.717) is 30.8 Å². The van der Waals surface area contributed by atoms with Crippen molar-refractivity contribution in [3.05, 3.63) is 71.4 Å². The second-order valence-electron chi connectivity index (χ2n) is 10.8. The Morgan fingerprint density at radius 2 is 1.81 bits per heavy atom. The van der Waals surface area contributed by atoms with E-state index in [-0.39, 0.29) is 4.90 Å². The third-order valence-corrected chi connectivity index (χ3v) is 7.05. The number of pyridine rings is 1. The highest BCUT2D eigenvalue weighted by molar-refractivity contribution is 7.92. The molecule has 1 unspecified atom stereocenters. The molecule has 0 aliphatic carbocycles. The van der Waals surface area contributed by atoms with E-state index in [9.17, 15) is 18.3 Å². The predicted molar refractivity (Wildman–Crippen MR) is 143 cm³/mol. The van der Waals surface area contributed by atoms with E-state index in [1.807, 2.05) is 26.8 Å². The van der Waals surface area contributed by atoms with Gasteiger partial charge in [0.25, 0.3) is 10.0 Å². The number of esters is 1. The van der Waals surface area contributed by atoms with Crippen molar-refractivity contribution in [3.8, 4) is 0 Å². The number of benzene rings is 1. The molecule has 1 atom stereocenters. The van der Waals surface area contributed by atoms with Crippen LogP contribution in [0.2, 0.25) is 0 Å². The molecule has 8 nitrogen and oxygen atoms in total. The molecule has 1 aliphatic heterocycles. The van der Waals surface area contributed by atoms with E-state index < -0.39 is 33.5 Å². The Balaban J connectivity index is 1.67. The van der Waals surface area contributed by atoms with Gasteiger partial charge in [-0.2, -0.15) is 0 Å². The molecule has 200 valence electrons. The second kappa shape index (κ2) is 11.2. The van der Waals surface area contributed by atoms with Crippen molar-refractivity contribution < 1.29 is 27.8 Å². The van der Waals surface area contributed by atoms with Crippen LogP contribution >= 0.6 is 0 Å². The number of aliphatic hydroxyl groups is 1. The Hall–Kier alpha value is -3.01. The molecule has 1 aliphatic rings. The lowest BCUT2D eigenvalue weighted by Crippen LogP contribution is -2.29. The molecule has 1 aromatic heterocycles. The molecule has 0 spiro atoms. The molecule has 3 rings (SSSR count). The molecule has 0 saturated carbocycles. The maximum atomic E-state index is 13.3. The SMILES string of the molecule is CC(C)(C)OC(=O)/C=C/c1cnc2c(c1)CCN2S(=O)(=O)c1ccc(C/C=C/C(O)OC(C)(C)C)cc1. The van der Waals surface area contributed by atoms with Crippen LogP contribution in [0.15, 0.2) is 59.7 Å². The van der Waals surface area contributed by atoms with Crippen molar-refractivity contribution in [3.63, 3.8) is 0 Å². The summed E-state index contributed by atoms with van der Waals surface area (Å²) in [6, 6.07) is 8.51. The number of fused-ring (bicyclic) bond motifs is 1. The summed E-state index contributed by atoms with van der Waals surface area (Å²) >= 11 is 0. The first-order valence-electron chi connectivity index (χ1n) is 12.2. The molecule has 1 N–H and O–H groups in total. The van der Waals surface area contributed by atoms with Gasteiger partial charge in [-0.3, -0.25) is 0 Å². The van der Waals surface area contributed by atoms with E-state index in [0.717, 1.165) is 11.1 Å². The number of nitrogens with zero attached hydrogens (tertiary/aromatic N) is 2. The first kappa shape index (κ1) is 28.6. The van der Waals surface area contributed by atoms with Crippen LogP contribution in [0.4, 0.5) is 5.82 Å². The van der Waals surface area contributed by atoms with Gasteiger partial charge in [0.05, 0.1) is 10.5 Å². The van der Waals surface area contributed by atoms with Gasteiger partial charge >= 0.3 is 5.97 Å². The van der Waals surface area contributed by atoms with E-state index in [1.165, 1.54) is 10.4 Å². The zero-order chi connectivity index (χ0) is 27.4. The number of rotatable bonds is 8. The van der Waals surface area contributed by atoms with Gasteiger partial charge in [-0.15, -0.1) is 0 Å². The lowest BCUT2D eigenvalue weighted by atomic mass is 10.1. The minimum absolute atomic E-state index is 0.180. The van der Waals surface area contributed by atoms with Gasteiger partial charge < -0.3 is 14.6 Å². The molecule has 9 heteroatoms. The summed E-state index contributed by atoms with van der Waals surface area (Å²) < 4.78 is 38.7. The fourth-order valence-electron chi connectivity index (χ4n) is 3.73. The normalized spacial score (nSPS) is 15.4. The Labute approximate surface area is 219 Å². The number of allylic oxidation sites excluding steroid dienone is 1. The number of carbonyl (C=O) groups is 1. The van der Waals surface area contributed by atoms with Gasteiger partial charge in [0.1, 0.15) is 11.4 Å². The van der Waals surface area contributed by atoms with Crippen LogP contribution in [0, 0.1) is 0 Å². The van der Waals surface area contributed by atoms with Crippen LogP contribution in [0.3, 0.4) is 0 Å². The highest BCUT2D eigenvalue weighted by atomic mass is 32.2. The molecule has 1 aromatic carbocycles.